The van der Waals surface area contributed by atoms with Crippen molar-refractivity contribution >= 4 is 23.7 Å². The largest absolute Gasteiger partial charge is 0.353 e. The van der Waals surface area contributed by atoms with Crippen LogP contribution in [0, 0.1) is 0 Å². The fraction of sp³-hybridized carbons (Fsp3) is 0.455. The molecule has 0 aliphatic carbocycles. The third kappa shape index (κ3) is 2.51. The zero-order valence-corrected chi connectivity index (χ0v) is 9.70. The zero-order chi connectivity index (χ0) is 11.4. The van der Waals surface area contributed by atoms with Crippen molar-refractivity contribution in [3.8, 4) is 0 Å². The van der Waals surface area contributed by atoms with Gasteiger partial charge in [0.15, 0.2) is 0 Å². The van der Waals surface area contributed by atoms with Gasteiger partial charge in [-0.25, -0.2) is 4.98 Å². The molecule has 0 aromatic carbocycles. The van der Waals surface area contributed by atoms with E-state index in [4.69, 9.17) is 11.6 Å². The molecule has 0 amide bonds. The number of aldehydes is 1. The van der Waals surface area contributed by atoms with Crippen molar-refractivity contribution in [2.45, 2.75) is 6.42 Å². The topological polar surface area (TPSA) is 45.2 Å². The van der Waals surface area contributed by atoms with Crippen LogP contribution in [0.2, 0.25) is 5.02 Å². The summed E-state index contributed by atoms with van der Waals surface area (Å²) < 4.78 is 0. The van der Waals surface area contributed by atoms with E-state index in [1.807, 2.05) is 6.07 Å². The minimum absolute atomic E-state index is 0.370. The summed E-state index contributed by atoms with van der Waals surface area (Å²) in [7, 11) is 0. The molecule has 1 aliphatic rings. The lowest BCUT2D eigenvalue weighted by atomic mass is 10.2. The van der Waals surface area contributed by atoms with Crippen LogP contribution < -0.4 is 10.2 Å². The Morgan fingerprint density at radius 2 is 2.25 bits per heavy atom. The van der Waals surface area contributed by atoms with E-state index < -0.39 is 0 Å². The molecule has 1 aromatic heterocycles. The summed E-state index contributed by atoms with van der Waals surface area (Å²) in [4.78, 5) is 16.9. The Morgan fingerprint density at radius 1 is 1.50 bits per heavy atom. The van der Waals surface area contributed by atoms with Gasteiger partial charge in [0.2, 0.25) is 0 Å². The molecule has 0 saturated carbocycles. The van der Waals surface area contributed by atoms with E-state index in [2.05, 4.69) is 15.2 Å². The van der Waals surface area contributed by atoms with Gasteiger partial charge in [-0.1, -0.05) is 11.6 Å². The highest BCUT2D eigenvalue weighted by molar-refractivity contribution is 6.33. The lowest BCUT2D eigenvalue weighted by molar-refractivity contribution is -0.107. The Bertz CT molecular complexity index is 377. The molecule has 1 saturated heterocycles. The second-order valence-corrected chi connectivity index (χ2v) is 4.16. The van der Waals surface area contributed by atoms with Gasteiger partial charge in [-0.05, 0) is 11.6 Å². The summed E-state index contributed by atoms with van der Waals surface area (Å²) in [5.74, 6) is 0.817. The number of rotatable bonds is 3. The summed E-state index contributed by atoms with van der Waals surface area (Å²) in [5.41, 5.74) is 0.860. The minimum atomic E-state index is 0.370. The number of nitrogens with zero attached hydrogens (tertiary/aromatic N) is 2. The maximum Gasteiger partial charge on any atom is 0.147 e. The van der Waals surface area contributed by atoms with Gasteiger partial charge in [0.05, 0.1) is 5.02 Å². The van der Waals surface area contributed by atoms with Gasteiger partial charge in [0.1, 0.15) is 12.1 Å². The Kier molecular flexibility index (Phi) is 3.74. The van der Waals surface area contributed by atoms with Gasteiger partial charge in [-0.2, -0.15) is 0 Å². The second kappa shape index (κ2) is 5.27. The molecular weight excluding hydrogens is 226 g/mol. The van der Waals surface area contributed by atoms with Crippen molar-refractivity contribution in [3.05, 3.63) is 22.8 Å². The van der Waals surface area contributed by atoms with Crippen LogP contribution in [0.15, 0.2) is 12.3 Å². The first-order valence-electron chi connectivity index (χ1n) is 5.35. The van der Waals surface area contributed by atoms with Crippen LogP contribution in [0.4, 0.5) is 5.82 Å². The van der Waals surface area contributed by atoms with Crippen molar-refractivity contribution in [2.75, 3.05) is 31.1 Å². The third-order valence-corrected chi connectivity index (χ3v) is 2.89. The van der Waals surface area contributed by atoms with Crippen LogP contribution in [-0.4, -0.2) is 37.4 Å². The number of aromatic nitrogens is 1. The number of carbonyl (C=O) groups is 1. The third-order valence-electron chi connectivity index (χ3n) is 2.61. The molecule has 0 spiro atoms. The Balaban J connectivity index is 2.17. The van der Waals surface area contributed by atoms with Crippen LogP contribution in [0.1, 0.15) is 5.56 Å². The number of anilines is 1. The maximum atomic E-state index is 10.4. The van der Waals surface area contributed by atoms with E-state index in [1.165, 1.54) is 0 Å². The van der Waals surface area contributed by atoms with E-state index in [9.17, 15) is 4.79 Å². The first kappa shape index (κ1) is 11.4. The van der Waals surface area contributed by atoms with E-state index >= 15 is 0 Å². The fourth-order valence-electron chi connectivity index (χ4n) is 1.79. The molecule has 0 unspecified atom stereocenters. The molecule has 0 radical (unpaired) electrons. The van der Waals surface area contributed by atoms with E-state index in [1.54, 1.807) is 6.20 Å². The molecule has 86 valence electrons. The van der Waals surface area contributed by atoms with Gasteiger partial charge in [-0.15, -0.1) is 0 Å². The molecule has 16 heavy (non-hydrogen) atoms. The predicted octanol–water partition coefficient (Wildman–Crippen LogP) is 0.886. The lowest BCUT2D eigenvalue weighted by Gasteiger charge is -2.29. The number of piperazine rings is 1. The van der Waals surface area contributed by atoms with Crippen molar-refractivity contribution in [2.24, 2.45) is 0 Å². The average molecular weight is 240 g/mol. The van der Waals surface area contributed by atoms with Crippen molar-refractivity contribution in [3.63, 3.8) is 0 Å². The lowest BCUT2D eigenvalue weighted by Crippen LogP contribution is -2.44. The monoisotopic (exact) mass is 239 g/mol. The number of pyridine rings is 1. The summed E-state index contributed by atoms with van der Waals surface area (Å²) in [6.07, 6.45) is 2.95. The van der Waals surface area contributed by atoms with Gasteiger partial charge in [0.25, 0.3) is 0 Å². The highest BCUT2D eigenvalue weighted by Gasteiger charge is 2.14. The van der Waals surface area contributed by atoms with Gasteiger partial charge < -0.3 is 15.0 Å². The molecule has 0 bridgehead atoms. The standard InChI is InChI=1S/C11H14ClN3O/c12-10-7-9(1-6-16)8-14-11(10)15-4-2-13-3-5-15/h6-8,13H,1-5H2. The molecule has 5 heteroatoms. The number of carbonyl (C=O) groups excluding carboxylic acids is 1. The second-order valence-electron chi connectivity index (χ2n) is 3.76. The zero-order valence-electron chi connectivity index (χ0n) is 8.95. The molecule has 4 nitrogen and oxygen atoms in total. The summed E-state index contributed by atoms with van der Waals surface area (Å²) in [6, 6.07) is 1.82. The van der Waals surface area contributed by atoms with Gasteiger partial charge >= 0.3 is 0 Å². The predicted molar refractivity (Wildman–Crippen MR) is 64.1 cm³/mol. The summed E-state index contributed by atoms with van der Waals surface area (Å²) in [5, 5.41) is 3.90. The number of hydrogen-bond donors (Lipinski definition) is 1. The smallest absolute Gasteiger partial charge is 0.147 e. The molecule has 1 aromatic rings. The van der Waals surface area contributed by atoms with Crippen LogP contribution >= 0.6 is 11.6 Å². The van der Waals surface area contributed by atoms with E-state index in [0.29, 0.717) is 11.4 Å². The van der Waals surface area contributed by atoms with Crippen LogP contribution in [0.5, 0.6) is 0 Å². The quantitative estimate of drug-likeness (QED) is 0.796. The first-order chi connectivity index (χ1) is 7.81. The fourth-order valence-corrected chi connectivity index (χ4v) is 2.10. The summed E-state index contributed by atoms with van der Waals surface area (Å²) >= 11 is 6.16. The Labute approximate surface area is 99.6 Å². The van der Waals surface area contributed by atoms with Crippen LogP contribution in [0.25, 0.3) is 0 Å². The number of nitrogens with one attached hydrogen (secondary N) is 1. The first-order valence-corrected chi connectivity index (χ1v) is 5.73. The number of hydrogen-bond acceptors (Lipinski definition) is 4. The van der Waals surface area contributed by atoms with Crippen LogP contribution in [0.3, 0.4) is 0 Å². The van der Waals surface area contributed by atoms with Gasteiger partial charge in [-0.3, -0.25) is 0 Å². The average Bonchev–Trinajstić information content (AvgIpc) is 2.31. The molecule has 2 heterocycles. The Morgan fingerprint density at radius 3 is 2.88 bits per heavy atom. The maximum absolute atomic E-state index is 10.4. The van der Waals surface area contributed by atoms with Crippen molar-refractivity contribution in [1.29, 1.82) is 0 Å². The highest BCUT2D eigenvalue weighted by Crippen LogP contribution is 2.24. The highest BCUT2D eigenvalue weighted by atomic mass is 35.5. The molecule has 1 fully saturated rings. The molecule has 1 N–H and O–H groups in total. The Hall–Kier alpha value is -1.13. The van der Waals surface area contributed by atoms with Gasteiger partial charge in [0, 0.05) is 38.8 Å². The molecular formula is C11H14ClN3O. The normalized spacial score (nSPS) is 16.2. The van der Waals surface area contributed by atoms with Crippen molar-refractivity contribution in [1.82, 2.24) is 10.3 Å². The van der Waals surface area contributed by atoms with E-state index in [-0.39, 0.29) is 0 Å². The molecule has 0 atom stereocenters. The number of halogens is 1. The molecule has 2 rings (SSSR count). The summed E-state index contributed by atoms with van der Waals surface area (Å²) in [6.45, 7) is 3.74. The van der Waals surface area contributed by atoms with Crippen LogP contribution in [-0.2, 0) is 11.2 Å². The van der Waals surface area contributed by atoms with E-state index in [0.717, 1.165) is 43.8 Å². The van der Waals surface area contributed by atoms with Crippen molar-refractivity contribution < 1.29 is 4.79 Å². The molecule has 1 aliphatic heterocycles. The minimum Gasteiger partial charge on any atom is -0.353 e. The SMILES string of the molecule is O=CCc1cnc(N2CCNCC2)c(Cl)c1.